The van der Waals surface area contributed by atoms with Gasteiger partial charge in [-0.1, -0.05) is 89.4 Å². The zero-order valence-corrected chi connectivity index (χ0v) is 33.0. The molecule has 0 fully saturated rings. The summed E-state index contributed by atoms with van der Waals surface area (Å²) in [7, 11) is 0. The number of halogens is 2. The van der Waals surface area contributed by atoms with Crippen molar-refractivity contribution < 1.29 is 53.5 Å². The average Bonchev–Trinajstić information content (AvgIpc) is 3.81. The molecule has 1 aromatic heterocycles. The SMILES string of the molecule is CC(C)(C)c1[c-]c2c(cc1)-c1ccc(C(C)(C)C)cc1C2.Cc1ccc[c-]1-c1ccoc1.[Cl-].[Cl-].[Zr+2]=[C](c1ccccc1)c1ccccc1. The molecule has 0 atom stereocenters. The molecule has 0 saturated heterocycles. The van der Waals surface area contributed by atoms with Crippen molar-refractivity contribution in [2.24, 2.45) is 0 Å². The minimum atomic E-state index is 0. The molecule has 0 saturated carbocycles. The van der Waals surface area contributed by atoms with Crippen molar-refractivity contribution in [2.75, 3.05) is 0 Å². The Morgan fingerprint density at radius 1 is 0.708 bits per heavy atom. The topological polar surface area (TPSA) is 13.1 Å². The Morgan fingerprint density at radius 2 is 1.31 bits per heavy atom. The Hall–Kier alpha value is -3.16. The maximum atomic E-state index is 4.99. The van der Waals surface area contributed by atoms with Crippen LogP contribution in [-0.2, 0) is 41.5 Å². The zero-order chi connectivity index (χ0) is 32.9. The van der Waals surface area contributed by atoms with Gasteiger partial charge >= 0.3 is 99.2 Å². The Balaban J connectivity index is 0.000000202. The molecule has 1 heterocycles. The maximum absolute atomic E-state index is 4.99. The van der Waals surface area contributed by atoms with Crippen LogP contribution in [0.2, 0.25) is 0 Å². The fraction of sp³-hybridized carbons (Fsp3) is 0.227. The first kappa shape index (κ1) is 39.3. The molecule has 0 amide bonds. The Bertz CT molecular complexity index is 1780. The molecule has 48 heavy (non-hydrogen) atoms. The van der Waals surface area contributed by atoms with Crippen molar-refractivity contribution in [2.45, 2.75) is 65.7 Å². The summed E-state index contributed by atoms with van der Waals surface area (Å²) in [5.74, 6) is 0. The summed E-state index contributed by atoms with van der Waals surface area (Å²) in [6.45, 7) is 15.7. The molecular formula is C44H44Cl2OZr-2. The number of benzene rings is 4. The Kier molecular flexibility index (Phi) is 13.9. The van der Waals surface area contributed by atoms with E-state index in [1.54, 1.807) is 12.5 Å². The van der Waals surface area contributed by atoms with Gasteiger partial charge in [-0.15, -0.1) is 28.8 Å². The summed E-state index contributed by atoms with van der Waals surface area (Å²) in [5, 5.41) is 0. The summed E-state index contributed by atoms with van der Waals surface area (Å²) < 4.78 is 6.41. The van der Waals surface area contributed by atoms with E-state index in [9.17, 15) is 0 Å². The number of rotatable bonds is 3. The molecule has 1 aliphatic carbocycles. The summed E-state index contributed by atoms with van der Waals surface area (Å²) in [6, 6.07) is 44.5. The molecule has 0 radical (unpaired) electrons. The second-order valence-electron chi connectivity index (χ2n) is 14.1. The molecule has 4 heteroatoms. The molecule has 1 nitrogen and oxygen atoms in total. The normalized spacial score (nSPS) is 11.4. The van der Waals surface area contributed by atoms with E-state index in [0.717, 1.165) is 12.0 Å². The Morgan fingerprint density at radius 3 is 1.81 bits per heavy atom. The van der Waals surface area contributed by atoms with E-state index in [-0.39, 0.29) is 35.6 Å². The standard InChI is InChI=1S/C21H25.C13H10.C10H9O.2ClH.Zr/c1-20(2,3)16-7-9-18-14(12-16)11-15-13-17(21(4,5)6)8-10-19(15)18;1-3-7-12(8-4-1)11-13-9-5-2-6-10-13;1-8-3-2-4-10(8)9-5-6-11-7-9;;;/h7-10,12H,11H2,1-6H3;1-10H;2-7H,1H3;2*1H;/q-1;;-1;;;+2/p-2. The fourth-order valence-electron chi connectivity index (χ4n) is 5.66. The molecule has 5 aromatic carbocycles. The molecule has 7 rings (SSSR count). The summed E-state index contributed by atoms with van der Waals surface area (Å²) in [4.78, 5) is 0. The predicted molar refractivity (Wildman–Crippen MR) is 191 cm³/mol. The van der Waals surface area contributed by atoms with Gasteiger partial charge in [0.15, 0.2) is 0 Å². The monoisotopic (exact) mass is 748 g/mol. The third-order valence-corrected chi connectivity index (χ3v) is 9.87. The van der Waals surface area contributed by atoms with Gasteiger partial charge in [0.1, 0.15) is 0 Å². The van der Waals surface area contributed by atoms with E-state index >= 15 is 0 Å². The first-order valence-electron chi connectivity index (χ1n) is 16.1. The van der Waals surface area contributed by atoms with Gasteiger partial charge in [-0.2, -0.15) is 29.8 Å². The summed E-state index contributed by atoms with van der Waals surface area (Å²) >= 11 is 1.46. The van der Waals surface area contributed by atoms with Crippen molar-refractivity contribution in [1.82, 2.24) is 0 Å². The molecule has 0 aliphatic heterocycles. The summed E-state index contributed by atoms with van der Waals surface area (Å²) in [5.41, 5.74) is 15.1. The van der Waals surface area contributed by atoms with E-state index in [2.05, 4.69) is 164 Å². The molecule has 6 aromatic rings. The molecule has 246 valence electrons. The van der Waals surface area contributed by atoms with Gasteiger partial charge in [-0.05, 0) is 28.4 Å². The van der Waals surface area contributed by atoms with Crippen LogP contribution in [0.25, 0.3) is 22.3 Å². The van der Waals surface area contributed by atoms with Gasteiger partial charge in [-0.25, -0.2) is 0 Å². The molecule has 0 unspecified atom stereocenters. The Labute approximate surface area is 315 Å². The van der Waals surface area contributed by atoms with Crippen LogP contribution >= 0.6 is 0 Å². The van der Waals surface area contributed by atoms with Crippen LogP contribution < -0.4 is 24.8 Å². The van der Waals surface area contributed by atoms with Gasteiger partial charge in [-0.3, -0.25) is 0 Å². The van der Waals surface area contributed by atoms with Gasteiger partial charge in [0, 0.05) is 12.5 Å². The van der Waals surface area contributed by atoms with Crippen molar-refractivity contribution in [1.29, 1.82) is 0 Å². The van der Waals surface area contributed by atoms with Gasteiger partial charge in [0.05, 0.1) is 0 Å². The van der Waals surface area contributed by atoms with Gasteiger partial charge < -0.3 is 29.2 Å². The number of hydrogen-bond acceptors (Lipinski definition) is 1. The first-order chi connectivity index (χ1) is 21.9. The van der Waals surface area contributed by atoms with Crippen molar-refractivity contribution in [3.05, 3.63) is 173 Å². The predicted octanol–water partition coefficient (Wildman–Crippen LogP) is 5.44. The van der Waals surface area contributed by atoms with Crippen LogP contribution in [0.15, 0.2) is 132 Å². The summed E-state index contributed by atoms with van der Waals surface area (Å²) in [6.07, 6.45) is 4.49. The van der Waals surface area contributed by atoms with E-state index in [4.69, 9.17) is 4.42 Å². The number of furan rings is 1. The molecule has 0 spiro atoms. The second-order valence-corrected chi connectivity index (χ2v) is 15.3. The molecule has 1 aliphatic rings. The quantitative estimate of drug-likeness (QED) is 0.220. The van der Waals surface area contributed by atoms with E-state index in [1.165, 1.54) is 83.1 Å². The van der Waals surface area contributed by atoms with Crippen molar-refractivity contribution in [3.8, 4) is 22.3 Å². The zero-order valence-electron chi connectivity index (χ0n) is 29.0. The molecule has 0 bridgehead atoms. The van der Waals surface area contributed by atoms with E-state index in [1.807, 2.05) is 6.07 Å². The first-order valence-corrected chi connectivity index (χ1v) is 17.3. The number of aryl methyl sites for hydroxylation is 1. The van der Waals surface area contributed by atoms with Crippen LogP contribution in [0.5, 0.6) is 0 Å². The number of hydrogen-bond donors (Lipinski definition) is 0. The van der Waals surface area contributed by atoms with Gasteiger partial charge in [0.25, 0.3) is 0 Å². The van der Waals surface area contributed by atoms with E-state index in [0.29, 0.717) is 0 Å². The third kappa shape index (κ3) is 9.72. The van der Waals surface area contributed by atoms with Crippen molar-refractivity contribution >= 4 is 3.21 Å². The van der Waals surface area contributed by atoms with Crippen LogP contribution in [0.3, 0.4) is 0 Å². The fourth-order valence-corrected chi connectivity index (χ4v) is 6.47. The third-order valence-electron chi connectivity index (χ3n) is 8.46. The minimum absolute atomic E-state index is 0. The molecular weight excluding hydrogens is 707 g/mol. The number of fused-ring (bicyclic) bond motifs is 3. The van der Waals surface area contributed by atoms with Crippen LogP contribution in [0.1, 0.15) is 80.5 Å². The van der Waals surface area contributed by atoms with Gasteiger partial charge in [0.2, 0.25) is 0 Å². The molecule has 0 N–H and O–H groups in total. The van der Waals surface area contributed by atoms with Crippen LogP contribution in [0, 0.1) is 13.0 Å². The average molecular weight is 751 g/mol. The second kappa shape index (κ2) is 17.0. The van der Waals surface area contributed by atoms with E-state index < -0.39 is 0 Å². The van der Waals surface area contributed by atoms with Crippen LogP contribution in [0.4, 0.5) is 0 Å². The van der Waals surface area contributed by atoms with Crippen LogP contribution in [-0.4, -0.2) is 3.21 Å². The van der Waals surface area contributed by atoms with Crippen molar-refractivity contribution in [3.63, 3.8) is 0 Å².